The van der Waals surface area contributed by atoms with Gasteiger partial charge in [0, 0.05) is 0 Å². The predicted octanol–water partition coefficient (Wildman–Crippen LogP) is 2.73. The van der Waals surface area contributed by atoms with Crippen molar-refractivity contribution in [2.75, 3.05) is 20.5 Å². The Morgan fingerprint density at radius 3 is 2.15 bits per heavy atom. The first-order valence-electron chi connectivity index (χ1n) is 3.99. The third kappa shape index (κ3) is 2.10. The summed E-state index contributed by atoms with van der Waals surface area (Å²) in [6, 6.07) is 3.99. The van der Waals surface area contributed by atoms with Crippen molar-refractivity contribution in [3.8, 4) is 11.5 Å². The topological polar surface area (TPSA) is 18.5 Å². The highest BCUT2D eigenvalue weighted by atomic mass is 32.2. The number of thioether (sulfide) groups is 1. The fourth-order valence-electron chi connectivity index (χ4n) is 1.18. The van der Waals surface area contributed by atoms with E-state index < -0.39 is 0 Å². The van der Waals surface area contributed by atoms with E-state index in [0.29, 0.717) is 0 Å². The van der Waals surface area contributed by atoms with Crippen molar-refractivity contribution in [2.45, 2.75) is 11.8 Å². The van der Waals surface area contributed by atoms with Crippen LogP contribution in [0.5, 0.6) is 11.5 Å². The monoisotopic (exact) mass is 198 g/mol. The van der Waals surface area contributed by atoms with E-state index in [-0.39, 0.29) is 0 Å². The van der Waals surface area contributed by atoms with E-state index in [9.17, 15) is 0 Å². The number of ether oxygens (including phenoxy) is 2. The smallest absolute Gasteiger partial charge is 0.132 e. The van der Waals surface area contributed by atoms with Crippen LogP contribution < -0.4 is 9.47 Å². The fraction of sp³-hybridized carbons (Fsp3) is 0.400. The zero-order valence-corrected chi connectivity index (χ0v) is 9.20. The van der Waals surface area contributed by atoms with E-state index in [1.165, 1.54) is 0 Å². The van der Waals surface area contributed by atoms with Crippen molar-refractivity contribution in [3.05, 3.63) is 17.7 Å². The van der Waals surface area contributed by atoms with Crippen LogP contribution in [-0.4, -0.2) is 20.5 Å². The maximum absolute atomic E-state index is 5.24. The molecule has 0 fully saturated rings. The molecule has 0 aromatic heterocycles. The van der Waals surface area contributed by atoms with Gasteiger partial charge in [-0.2, -0.15) is 0 Å². The zero-order chi connectivity index (χ0) is 9.84. The van der Waals surface area contributed by atoms with Crippen molar-refractivity contribution in [1.29, 1.82) is 0 Å². The Morgan fingerprint density at radius 1 is 1.08 bits per heavy atom. The van der Waals surface area contributed by atoms with Crippen LogP contribution in [0.1, 0.15) is 5.56 Å². The van der Waals surface area contributed by atoms with Crippen molar-refractivity contribution >= 4 is 11.8 Å². The minimum Gasteiger partial charge on any atom is -0.496 e. The van der Waals surface area contributed by atoms with Crippen molar-refractivity contribution < 1.29 is 9.47 Å². The second kappa shape index (κ2) is 4.42. The lowest BCUT2D eigenvalue weighted by atomic mass is 10.2. The largest absolute Gasteiger partial charge is 0.496 e. The fourth-order valence-corrected chi connectivity index (χ4v) is 1.75. The molecule has 0 N–H and O–H groups in total. The van der Waals surface area contributed by atoms with E-state index >= 15 is 0 Å². The van der Waals surface area contributed by atoms with Gasteiger partial charge in [0.25, 0.3) is 0 Å². The molecular formula is C10H14O2S. The Morgan fingerprint density at radius 2 is 1.69 bits per heavy atom. The molecule has 1 rings (SSSR count). The normalized spacial score (nSPS) is 9.85. The van der Waals surface area contributed by atoms with E-state index in [1.54, 1.807) is 26.0 Å². The quantitative estimate of drug-likeness (QED) is 0.696. The van der Waals surface area contributed by atoms with Crippen molar-refractivity contribution in [1.82, 2.24) is 0 Å². The van der Waals surface area contributed by atoms with E-state index in [0.717, 1.165) is 22.0 Å². The molecule has 1 aromatic rings. The highest BCUT2D eigenvalue weighted by Crippen LogP contribution is 2.33. The molecule has 1 aromatic carbocycles. The van der Waals surface area contributed by atoms with Gasteiger partial charge in [0.1, 0.15) is 11.5 Å². The molecule has 0 aliphatic rings. The van der Waals surface area contributed by atoms with Crippen LogP contribution in [-0.2, 0) is 0 Å². The Labute approximate surface area is 83.2 Å². The summed E-state index contributed by atoms with van der Waals surface area (Å²) in [5.41, 5.74) is 1.09. The highest BCUT2D eigenvalue weighted by Gasteiger charge is 2.06. The standard InChI is InChI=1S/C10H14O2S/c1-7-5-9(12-3)10(13-4)6-8(7)11-2/h5-6H,1-4H3. The van der Waals surface area contributed by atoms with Gasteiger partial charge in [-0.1, -0.05) is 0 Å². The Hall–Kier alpha value is -0.830. The lowest BCUT2D eigenvalue weighted by Gasteiger charge is -2.10. The first-order chi connectivity index (χ1) is 6.22. The van der Waals surface area contributed by atoms with Crippen LogP contribution in [0.3, 0.4) is 0 Å². The van der Waals surface area contributed by atoms with Crippen LogP contribution in [0, 0.1) is 6.92 Å². The Kier molecular flexibility index (Phi) is 3.48. The van der Waals surface area contributed by atoms with E-state index in [4.69, 9.17) is 9.47 Å². The zero-order valence-electron chi connectivity index (χ0n) is 8.38. The molecule has 0 spiro atoms. The maximum atomic E-state index is 5.24. The Bertz CT molecular complexity index is 297. The van der Waals surface area contributed by atoms with E-state index in [1.807, 2.05) is 25.3 Å². The molecule has 2 nitrogen and oxygen atoms in total. The molecule has 0 aliphatic carbocycles. The molecule has 72 valence electrons. The minimum atomic E-state index is 0.908. The lowest BCUT2D eigenvalue weighted by molar-refractivity contribution is 0.392. The van der Waals surface area contributed by atoms with Gasteiger partial charge < -0.3 is 9.47 Å². The summed E-state index contributed by atoms with van der Waals surface area (Å²) >= 11 is 1.65. The minimum absolute atomic E-state index is 0.908. The number of methoxy groups -OCH3 is 2. The van der Waals surface area contributed by atoms with Crippen molar-refractivity contribution in [2.24, 2.45) is 0 Å². The van der Waals surface area contributed by atoms with Crippen LogP contribution in [0.2, 0.25) is 0 Å². The number of benzene rings is 1. The van der Waals surface area contributed by atoms with Crippen LogP contribution in [0.4, 0.5) is 0 Å². The number of aryl methyl sites for hydroxylation is 1. The molecule has 0 unspecified atom stereocenters. The highest BCUT2D eigenvalue weighted by molar-refractivity contribution is 7.98. The summed E-state index contributed by atoms with van der Waals surface area (Å²) in [6.45, 7) is 2.01. The van der Waals surface area contributed by atoms with E-state index in [2.05, 4.69) is 0 Å². The first kappa shape index (κ1) is 10.3. The third-order valence-corrected chi connectivity index (χ3v) is 2.66. The SMILES string of the molecule is COc1cc(SC)c(OC)cc1C. The van der Waals surface area contributed by atoms with Gasteiger partial charge in [0.15, 0.2) is 0 Å². The van der Waals surface area contributed by atoms with Crippen molar-refractivity contribution in [3.63, 3.8) is 0 Å². The molecule has 13 heavy (non-hydrogen) atoms. The number of hydrogen-bond acceptors (Lipinski definition) is 3. The summed E-state index contributed by atoms with van der Waals surface area (Å²) in [5, 5.41) is 0. The molecule has 0 atom stereocenters. The second-order valence-electron chi connectivity index (χ2n) is 2.68. The molecule has 0 saturated carbocycles. The first-order valence-corrected chi connectivity index (χ1v) is 5.22. The Balaban J connectivity index is 3.18. The van der Waals surface area contributed by atoms with Crippen LogP contribution in [0.15, 0.2) is 17.0 Å². The summed E-state index contributed by atoms with van der Waals surface area (Å²) in [6.07, 6.45) is 2.02. The van der Waals surface area contributed by atoms with Gasteiger partial charge in [-0.3, -0.25) is 0 Å². The molecule has 0 saturated heterocycles. The van der Waals surface area contributed by atoms with Crippen LogP contribution >= 0.6 is 11.8 Å². The molecule has 0 radical (unpaired) electrons. The van der Waals surface area contributed by atoms with Gasteiger partial charge in [-0.05, 0) is 30.9 Å². The van der Waals surface area contributed by atoms with Gasteiger partial charge in [0.05, 0.1) is 19.1 Å². The molecule has 0 aliphatic heterocycles. The van der Waals surface area contributed by atoms with Gasteiger partial charge in [0.2, 0.25) is 0 Å². The number of hydrogen-bond donors (Lipinski definition) is 0. The lowest BCUT2D eigenvalue weighted by Crippen LogP contribution is -1.91. The van der Waals surface area contributed by atoms with Gasteiger partial charge in [-0.15, -0.1) is 11.8 Å². The molecule has 3 heteroatoms. The summed E-state index contributed by atoms with van der Waals surface area (Å²) in [5.74, 6) is 1.82. The maximum Gasteiger partial charge on any atom is 0.132 e. The average Bonchev–Trinajstić information content (AvgIpc) is 2.17. The summed E-state index contributed by atoms with van der Waals surface area (Å²) in [7, 11) is 3.36. The molecule has 0 amide bonds. The third-order valence-electron chi connectivity index (χ3n) is 1.90. The van der Waals surface area contributed by atoms with Crippen LogP contribution in [0.25, 0.3) is 0 Å². The second-order valence-corrected chi connectivity index (χ2v) is 3.52. The van der Waals surface area contributed by atoms with Gasteiger partial charge in [-0.25, -0.2) is 0 Å². The molecule has 0 bridgehead atoms. The summed E-state index contributed by atoms with van der Waals surface area (Å²) in [4.78, 5) is 1.10. The number of rotatable bonds is 3. The predicted molar refractivity (Wildman–Crippen MR) is 56.1 cm³/mol. The molecule has 0 heterocycles. The molecular weight excluding hydrogens is 184 g/mol. The van der Waals surface area contributed by atoms with Gasteiger partial charge >= 0.3 is 0 Å². The average molecular weight is 198 g/mol. The summed E-state index contributed by atoms with van der Waals surface area (Å²) < 4.78 is 10.5.